The summed E-state index contributed by atoms with van der Waals surface area (Å²) in [6.07, 6.45) is 4.78. The largest absolute Gasteiger partial charge is 0.0671 e. The summed E-state index contributed by atoms with van der Waals surface area (Å²) in [5, 5.41) is 0. The zero-order valence-electron chi connectivity index (χ0n) is 9.46. The number of hydrogen-bond donors (Lipinski definition) is 0. The zero-order valence-corrected chi connectivity index (χ0v) is 9.46. The molecular formula is C14H20. The maximum Gasteiger partial charge on any atom is -0.0257 e. The SMILES string of the molecule is CCC/C(=C/c1ccccc1)C(C)C. The van der Waals surface area contributed by atoms with E-state index in [9.17, 15) is 0 Å². The van der Waals surface area contributed by atoms with Crippen molar-refractivity contribution >= 4 is 6.08 Å². The summed E-state index contributed by atoms with van der Waals surface area (Å²) in [6.45, 7) is 6.77. The molecule has 0 atom stereocenters. The summed E-state index contributed by atoms with van der Waals surface area (Å²) >= 11 is 0. The third-order valence-electron chi connectivity index (χ3n) is 2.43. The Bertz CT molecular complexity index is 280. The maximum atomic E-state index is 2.33. The molecule has 0 aliphatic carbocycles. The Morgan fingerprint density at radius 2 is 1.86 bits per heavy atom. The van der Waals surface area contributed by atoms with Crippen LogP contribution >= 0.6 is 0 Å². The average molecular weight is 188 g/mol. The highest BCUT2D eigenvalue weighted by molar-refractivity contribution is 5.52. The highest BCUT2D eigenvalue weighted by atomic mass is 14.1. The second kappa shape index (κ2) is 5.64. The maximum absolute atomic E-state index is 2.33. The molecule has 0 aromatic heterocycles. The molecular weight excluding hydrogens is 168 g/mol. The van der Waals surface area contributed by atoms with Crippen LogP contribution in [0.5, 0.6) is 0 Å². The zero-order chi connectivity index (χ0) is 10.4. The summed E-state index contributed by atoms with van der Waals surface area (Å²) in [5.41, 5.74) is 2.88. The van der Waals surface area contributed by atoms with Gasteiger partial charge < -0.3 is 0 Å². The number of benzene rings is 1. The number of rotatable bonds is 4. The quantitative estimate of drug-likeness (QED) is 0.651. The van der Waals surface area contributed by atoms with Gasteiger partial charge in [-0.25, -0.2) is 0 Å². The van der Waals surface area contributed by atoms with Crippen molar-refractivity contribution in [2.45, 2.75) is 33.6 Å². The van der Waals surface area contributed by atoms with E-state index in [4.69, 9.17) is 0 Å². The van der Waals surface area contributed by atoms with Gasteiger partial charge in [0, 0.05) is 0 Å². The van der Waals surface area contributed by atoms with Crippen LogP contribution in [-0.4, -0.2) is 0 Å². The third-order valence-corrected chi connectivity index (χ3v) is 2.43. The van der Waals surface area contributed by atoms with Crippen molar-refractivity contribution in [1.29, 1.82) is 0 Å². The van der Waals surface area contributed by atoms with Crippen LogP contribution in [-0.2, 0) is 0 Å². The van der Waals surface area contributed by atoms with Gasteiger partial charge in [0.1, 0.15) is 0 Å². The van der Waals surface area contributed by atoms with Crippen LogP contribution in [0.15, 0.2) is 35.9 Å². The lowest BCUT2D eigenvalue weighted by molar-refractivity contribution is 0.708. The van der Waals surface area contributed by atoms with Gasteiger partial charge in [-0.05, 0) is 17.9 Å². The molecule has 0 unspecified atom stereocenters. The second-order valence-corrected chi connectivity index (χ2v) is 4.03. The van der Waals surface area contributed by atoms with Crippen LogP contribution in [0.4, 0.5) is 0 Å². The summed E-state index contributed by atoms with van der Waals surface area (Å²) in [7, 11) is 0. The Labute approximate surface area is 87.7 Å². The molecule has 0 saturated heterocycles. The van der Waals surface area contributed by atoms with Gasteiger partial charge in [-0.15, -0.1) is 0 Å². The Kier molecular flexibility index (Phi) is 4.45. The van der Waals surface area contributed by atoms with Crippen molar-refractivity contribution in [1.82, 2.24) is 0 Å². The average Bonchev–Trinajstić information content (AvgIpc) is 2.18. The molecule has 0 bridgehead atoms. The monoisotopic (exact) mass is 188 g/mol. The first-order valence-electron chi connectivity index (χ1n) is 5.49. The van der Waals surface area contributed by atoms with Crippen LogP contribution in [0.2, 0.25) is 0 Å². The highest BCUT2D eigenvalue weighted by Gasteiger charge is 2.01. The number of hydrogen-bond acceptors (Lipinski definition) is 0. The van der Waals surface area contributed by atoms with E-state index in [0.717, 1.165) is 0 Å². The van der Waals surface area contributed by atoms with Crippen LogP contribution in [0, 0.1) is 5.92 Å². The van der Waals surface area contributed by atoms with Gasteiger partial charge >= 0.3 is 0 Å². The van der Waals surface area contributed by atoms with Crippen molar-refractivity contribution in [2.24, 2.45) is 5.92 Å². The molecule has 0 heteroatoms. The van der Waals surface area contributed by atoms with Crippen molar-refractivity contribution in [3.8, 4) is 0 Å². The van der Waals surface area contributed by atoms with E-state index in [0.29, 0.717) is 5.92 Å². The van der Waals surface area contributed by atoms with Crippen LogP contribution in [0.25, 0.3) is 6.08 Å². The predicted molar refractivity (Wildman–Crippen MR) is 64.2 cm³/mol. The minimum absolute atomic E-state index is 0.662. The molecule has 0 spiro atoms. The summed E-state index contributed by atoms with van der Waals surface area (Å²) < 4.78 is 0. The molecule has 0 nitrogen and oxygen atoms in total. The van der Waals surface area contributed by atoms with Gasteiger partial charge in [0.25, 0.3) is 0 Å². The molecule has 1 aromatic carbocycles. The Balaban J connectivity index is 2.82. The first-order chi connectivity index (χ1) is 6.74. The van der Waals surface area contributed by atoms with Gasteiger partial charge in [-0.2, -0.15) is 0 Å². The molecule has 0 aliphatic rings. The van der Waals surface area contributed by atoms with E-state index in [-0.39, 0.29) is 0 Å². The number of allylic oxidation sites excluding steroid dienone is 1. The van der Waals surface area contributed by atoms with Gasteiger partial charge in [0.05, 0.1) is 0 Å². The minimum Gasteiger partial charge on any atom is -0.0671 e. The van der Waals surface area contributed by atoms with Gasteiger partial charge in [0.15, 0.2) is 0 Å². The lowest BCUT2D eigenvalue weighted by atomic mass is 9.96. The molecule has 14 heavy (non-hydrogen) atoms. The topological polar surface area (TPSA) is 0 Å². The van der Waals surface area contributed by atoms with Gasteiger partial charge in [0.2, 0.25) is 0 Å². The minimum atomic E-state index is 0.662. The van der Waals surface area contributed by atoms with E-state index >= 15 is 0 Å². The Morgan fingerprint density at radius 3 is 2.36 bits per heavy atom. The smallest absolute Gasteiger partial charge is 0.0257 e. The normalized spacial score (nSPS) is 12.1. The van der Waals surface area contributed by atoms with Crippen molar-refractivity contribution in [3.05, 3.63) is 41.5 Å². The van der Waals surface area contributed by atoms with E-state index in [1.165, 1.54) is 18.4 Å². The lowest BCUT2D eigenvalue weighted by Gasteiger charge is -2.10. The third kappa shape index (κ3) is 3.37. The summed E-state index contributed by atoms with van der Waals surface area (Å²) in [5.74, 6) is 0.662. The first kappa shape index (κ1) is 11.0. The van der Waals surface area contributed by atoms with Crippen LogP contribution in [0.3, 0.4) is 0 Å². The van der Waals surface area contributed by atoms with Crippen molar-refractivity contribution in [2.75, 3.05) is 0 Å². The molecule has 0 amide bonds. The van der Waals surface area contributed by atoms with Crippen molar-refractivity contribution < 1.29 is 0 Å². The molecule has 1 aromatic rings. The highest BCUT2D eigenvalue weighted by Crippen LogP contribution is 2.19. The Morgan fingerprint density at radius 1 is 1.21 bits per heavy atom. The molecule has 0 radical (unpaired) electrons. The van der Waals surface area contributed by atoms with E-state index in [2.05, 4.69) is 57.2 Å². The first-order valence-corrected chi connectivity index (χ1v) is 5.49. The molecule has 76 valence electrons. The fraction of sp³-hybridized carbons (Fsp3) is 0.429. The van der Waals surface area contributed by atoms with Crippen LogP contribution in [0.1, 0.15) is 39.2 Å². The van der Waals surface area contributed by atoms with Gasteiger partial charge in [-0.3, -0.25) is 0 Å². The summed E-state index contributed by atoms with van der Waals surface area (Å²) in [4.78, 5) is 0. The molecule has 0 aliphatic heterocycles. The van der Waals surface area contributed by atoms with E-state index < -0.39 is 0 Å². The molecule has 0 heterocycles. The fourth-order valence-electron chi connectivity index (χ4n) is 1.58. The van der Waals surface area contributed by atoms with E-state index in [1.807, 2.05) is 0 Å². The standard InChI is InChI=1S/C14H20/c1-4-8-14(12(2)3)11-13-9-6-5-7-10-13/h5-7,9-12H,4,8H2,1-3H3/b14-11-. The van der Waals surface area contributed by atoms with Crippen LogP contribution < -0.4 is 0 Å². The summed E-state index contributed by atoms with van der Waals surface area (Å²) in [6, 6.07) is 10.6. The lowest BCUT2D eigenvalue weighted by Crippen LogP contribution is -1.93. The van der Waals surface area contributed by atoms with Gasteiger partial charge in [-0.1, -0.05) is 69.2 Å². The predicted octanol–water partition coefficient (Wildman–Crippen LogP) is 4.53. The molecule has 1 rings (SSSR count). The van der Waals surface area contributed by atoms with Crippen molar-refractivity contribution in [3.63, 3.8) is 0 Å². The molecule has 0 saturated carbocycles. The van der Waals surface area contributed by atoms with E-state index in [1.54, 1.807) is 5.57 Å². The Hall–Kier alpha value is -1.04. The molecule has 0 fully saturated rings. The molecule has 0 N–H and O–H groups in total. The second-order valence-electron chi connectivity index (χ2n) is 4.03. The fourth-order valence-corrected chi connectivity index (χ4v) is 1.58.